The van der Waals surface area contributed by atoms with Gasteiger partial charge in [-0.3, -0.25) is 25.0 Å². The number of rotatable bonds is 7. The molecule has 130 valence electrons. The summed E-state index contributed by atoms with van der Waals surface area (Å²) in [6, 6.07) is 1.59. The summed E-state index contributed by atoms with van der Waals surface area (Å²) in [6.45, 7) is 5.09. The van der Waals surface area contributed by atoms with E-state index in [1.807, 2.05) is 0 Å². The summed E-state index contributed by atoms with van der Waals surface area (Å²) < 4.78 is 4.86. The Morgan fingerprint density at radius 2 is 1.62 bits per heavy atom. The van der Waals surface area contributed by atoms with Crippen LogP contribution in [0.3, 0.4) is 0 Å². The van der Waals surface area contributed by atoms with Crippen LogP contribution in [0.5, 0.6) is 0 Å². The number of nitrogens with one attached hydrogen (secondary N) is 1. The van der Waals surface area contributed by atoms with E-state index in [1.165, 1.54) is 0 Å². The van der Waals surface area contributed by atoms with Crippen LogP contribution < -0.4 is 5.32 Å². The molecule has 10 heteroatoms. The first-order valence-corrected chi connectivity index (χ1v) is 7.08. The average molecular weight is 339 g/mol. The molecule has 1 amide bonds. The smallest absolute Gasteiger partial charge is 0.328 e. The van der Waals surface area contributed by atoms with Gasteiger partial charge in [0.15, 0.2) is 0 Å². The molecule has 0 unspecified atom stereocenters. The topological polar surface area (TPSA) is 142 Å². The van der Waals surface area contributed by atoms with Crippen molar-refractivity contribution in [2.75, 3.05) is 6.61 Å². The first-order chi connectivity index (χ1) is 11.2. The Balaban J connectivity index is 3.15. The summed E-state index contributed by atoms with van der Waals surface area (Å²) in [7, 11) is 0. The van der Waals surface area contributed by atoms with Crippen molar-refractivity contribution in [2.24, 2.45) is 5.92 Å². The molecule has 0 aliphatic carbocycles. The van der Waals surface area contributed by atoms with Crippen LogP contribution in [0, 0.1) is 26.1 Å². The molecule has 0 spiro atoms. The third kappa shape index (κ3) is 4.73. The van der Waals surface area contributed by atoms with Crippen LogP contribution in [0.15, 0.2) is 18.2 Å². The van der Waals surface area contributed by atoms with Gasteiger partial charge in [0.2, 0.25) is 0 Å². The molecule has 24 heavy (non-hydrogen) atoms. The maximum absolute atomic E-state index is 12.3. The number of nitro groups is 2. The quantitative estimate of drug-likeness (QED) is 0.453. The number of non-ortho nitro benzene ring substituents is 2. The minimum atomic E-state index is -0.976. The second-order valence-electron chi connectivity index (χ2n) is 5.20. The largest absolute Gasteiger partial charge is 0.464 e. The van der Waals surface area contributed by atoms with Crippen LogP contribution in [-0.2, 0) is 9.53 Å². The molecule has 0 fully saturated rings. The predicted octanol–water partition coefficient (Wildman–Crippen LogP) is 1.82. The summed E-state index contributed by atoms with van der Waals surface area (Å²) in [6.07, 6.45) is 0. The van der Waals surface area contributed by atoms with Gasteiger partial charge in [-0.2, -0.15) is 0 Å². The first kappa shape index (κ1) is 19.0. The maximum Gasteiger partial charge on any atom is 0.328 e. The van der Waals surface area contributed by atoms with Crippen molar-refractivity contribution in [3.05, 3.63) is 44.0 Å². The van der Waals surface area contributed by atoms with Crippen LogP contribution >= 0.6 is 0 Å². The van der Waals surface area contributed by atoms with Crippen molar-refractivity contribution >= 4 is 23.3 Å². The van der Waals surface area contributed by atoms with Crippen molar-refractivity contribution in [3.8, 4) is 0 Å². The SMILES string of the molecule is CCOC(=O)[C@H](NC(=O)c1cc([N+](=O)[O-])cc([N+](=O)[O-])c1)C(C)C. The molecule has 0 aromatic heterocycles. The number of esters is 1. The summed E-state index contributed by atoms with van der Waals surface area (Å²) in [4.78, 5) is 44.1. The molecule has 0 radical (unpaired) electrons. The molecular formula is C14H17N3O7. The number of carbonyl (C=O) groups excluding carboxylic acids is 2. The van der Waals surface area contributed by atoms with Crippen molar-refractivity contribution in [1.82, 2.24) is 5.32 Å². The molecule has 0 bridgehead atoms. The Hall–Kier alpha value is -3.04. The molecule has 1 N–H and O–H groups in total. The second kappa shape index (κ2) is 7.99. The van der Waals surface area contributed by atoms with E-state index >= 15 is 0 Å². The number of carbonyl (C=O) groups is 2. The molecule has 1 rings (SSSR count). The Morgan fingerprint density at radius 1 is 1.12 bits per heavy atom. The van der Waals surface area contributed by atoms with Gasteiger partial charge in [-0.05, 0) is 12.8 Å². The lowest BCUT2D eigenvalue weighted by Gasteiger charge is -2.20. The zero-order valence-corrected chi connectivity index (χ0v) is 13.3. The van der Waals surface area contributed by atoms with Gasteiger partial charge < -0.3 is 10.1 Å². The van der Waals surface area contributed by atoms with Crippen LogP contribution in [0.1, 0.15) is 31.1 Å². The van der Waals surface area contributed by atoms with E-state index in [0.29, 0.717) is 0 Å². The number of ether oxygens (including phenoxy) is 1. The fourth-order valence-electron chi connectivity index (χ4n) is 1.89. The molecular weight excluding hydrogens is 322 g/mol. The summed E-state index contributed by atoms with van der Waals surface area (Å²) in [5.41, 5.74) is -1.47. The molecule has 0 saturated carbocycles. The van der Waals surface area contributed by atoms with Crippen LogP contribution in [0.4, 0.5) is 11.4 Å². The standard InChI is InChI=1S/C14H17N3O7/c1-4-24-14(19)12(8(2)3)15-13(18)9-5-10(16(20)21)7-11(6-9)17(22)23/h5-8,12H,4H2,1-3H3,(H,15,18)/t12-/m1/s1. The molecule has 1 aromatic rings. The maximum atomic E-state index is 12.3. The average Bonchev–Trinajstić information content (AvgIpc) is 2.51. The van der Waals surface area contributed by atoms with E-state index < -0.39 is 39.1 Å². The predicted molar refractivity (Wildman–Crippen MR) is 82.5 cm³/mol. The van der Waals surface area contributed by atoms with E-state index in [-0.39, 0.29) is 18.1 Å². The monoisotopic (exact) mass is 339 g/mol. The van der Waals surface area contributed by atoms with E-state index in [2.05, 4.69) is 5.32 Å². The lowest BCUT2D eigenvalue weighted by molar-refractivity contribution is -0.394. The molecule has 0 saturated heterocycles. The highest BCUT2D eigenvalue weighted by Gasteiger charge is 2.27. The van der Waals surface area contributed by atoms with Crippen molar-refractivity contribution in [1.29, 1.82) is 0 Å². The third-order valence-electron chi connectivity index (χ3n) is 3.08. The van der Waals surface area contributed by atoms with Gasteiger partial charge >= 0.3 is 5.97 Å². The Morgan fingerprint density at radius 3 is 2.00 bits per heavy atom. The fraction of sp³-hybridized carbons (Fsp3) is 0.429. The van der Waals surface area contributed by atoms with E-state index in [0.717, 1.165) is 18.2 Å². The molecule has 1 atom stereocenters. The zero-order valence-electron chi connectivity index (χ0n) is 13.3. The van der Waals surface area contributed by atoms with Gasteiger partial charge in [0.25, 0.3) is 17.3 Å². The lowest BCUT2D eigenvalue weighted by Crippen LogP contribution is -2.45. The van der Waals surface area contributed by atoms with E-state index in [4.69, 9.17) is 4.74 Å². The number of benzene rings is 1. The van der Waals surface area contributed by atoms with Crippen LogP contribution in [0.25, 0.3) is 0 Å². The number of hydrogen-bond donors (Lipinski definition) is 1. The van der Waals surface area contributed by atoms with Gasteiger partial charge in [0.05, 0.1) is 28.1 Å². The van der Waals surface area contributed by atoms with Crippen molar-refractivity contribution in [3.63, 3.8) is 0 Å². The highest BCUT2D eigenvalue weighted by molar-refractivity contribution is 5.98. The highest BCUT2D eigenvalue weighted by atomic mass is 16.6. The minimum absolute atomic E-state index is 0.125. The Bertz CT molecular complexity index is 640. The second-order valence-corrected chi connectivity index (χ2v) is 5.20. The minimum Gasteiger partial charge on any atom is -0.464 e. The Labute approximate surface area is 137 Å². The van der Waals surface area contributed by atoms with Gasteiger partial charge in [-0.25, -0.2) is 4.79 Å². The zero-order chi connectivity index (χ0) is 18.4. The number of hydrogen-bond acceptors (Lipinski definition) is 7. The molecule has 10 nitrogen and oxygen atoms in total. The molecule has 1 aromatic carbocycles. The van der Waals surface area contributed by atoms with E-state index in [9.17, 15) is 29.8 Å². The number of amides is 1. The van der Waals surface area contributed by atoms with Crippen molar-refractivity contribution < 1.29 is 24.2 Å². The van der Waals surface area contributed by atoms with Crippen molar-refractivity contribution in [2.45, 2.75) is 26.8 Å². The Kier molecular flexibility index (Phi) is 6.33. The van der Waals surface area contributed by atoms with Crippen LogP contribution in [0.2, 0.25) is 0 Å². The summed E-state index contributed by atoms with van der Waals surface area (Å²) >= 11 is 0. The summed E-state index contributed by atoms with van der Waals surface area (Å²) in [5.74, 6) is -1.80. The summed E-state index contributed by atoms with van der Waals surface area (Å²) in [5, 5.41) is 24.1. The fourth-order valence-corrected chi connectivity index (χ4v) is 1.89. The van der Waals surface area contributed by atoms with Gasteiger partial charge in [0, 0.05) is 12.1 Å². The third-order valence-corrected chi connectivity index (χ3v) is 3.08. The van der Waals surface area contributed by atoms with Gasteiger partial charge in [-0.15, -0.1) is 0 Å². The number of nitro benzene ring substituents is 2. The molecule has 0 aliphatic rings. The highest BCUT2D eigenvalue weighted by Crippen LogP contribution is 2.23. The van der Waals surface area contributed by atoms with E-state index in [1.54, 1.807) is 20.8 Å². The number of nitrogens with zero attached hydrogens (tertiary/aromatic N) is 2. The van der Waals surface area contributed by atoms with Gasteiger partial charge in [0.1, 0.15) is 6.04 Å². The lowest BCUT2D eigenvalue weighted by atomic mass is 10.0. The first-order valence-electron chi connectivity index (χ1n) is 7.08. The normalized spacial score (nSPS) is 11.7. The van der Waals surface area contributed by atoms with Gasteiger partial charge in [-0.1, -0.05) is 13.8 Å². The molecule has 0 aliphatic heterocycles. The molecule has 0 heterocycles. The van der Waals surface area contributed by atoms with Crippen LogP contribution in [-0.4, -0.2) is 34.4 Å².